The summed E-state index contributed by atoms with van der Waals surface area (Å²) in [7, 11) is -1.98. The Balaban J connectivity index is 2.86. The molecular weight excluding hydrogens is 380 g/mol. The molecule has 0 aliphatic carbocycles. The van der Waals surface area contributed by atoms with Crippen LogP contribution in [0.4, 0.5) is 0 Å². The highest BCUT2D eigenvalue weighted by Gasteiger charge is 2.40. The number of hydrogen-bond donors (Lipinski definition) is 0. The first kappa shape index (κ1) is 25.2. The summed E-state index contributed by atoms with van der Waals surface area (Å²) in [5.41, 5.74) is 1.14. The number of thioether (sulfide) groups is 1. The van der Waals surface area contributed by atoms with E-state index in [2.05, 4.69) is 65.1 Å². The number of carbonyl (C=O) groups is 1. The van der Waals surface area contributed by atoms with Gasteiger partial charge in [0.2, 0.25) is 0 Å². The van der Waals surface area contributed by atoms with Crippen molar-refractivity contribution in [2.75, 3.05) is 5.75 Å². The van der Waals surface area contributed by atoms with Gasteiger partial charge in [0.1, 0.15) is 0 Å². The molecule has 158 valence electrons. The van der Waals surface area contributed by atoms with Crippen LogP contribution in [0.25, 0.3) is 6.08 Å². The van der Waals surface area contributed by atoms with Gasteiger partial charge in [-0.15, -0.1) is 0 Å². The molecule has 28 heavy (non-hydrogen) atoms. The van der Waals surface area contributed by atoms with Crippen LogP contribution in [-0.4, -0.2) is 25.3 Å². The molecule has 0 amide bonds. The molecule has 0 aliphatic rings. The molecule has 1 aromatic carbocycles. The summed E-state index contributed by atoms with van der Waals surface area (Å²) in [5, 5.41) is 0.361. The zero-order valence-electron chi connectivity index (χ0n) is 19.0. The van der Waals surface area contributed by atoms with Crippen LogP contribution in [0.3, 0.4) is 0 Å². The lowest BCUT2D eigenvalue weighted by Crippen LogP contribution is -2.45. The number of benzene rings is 1. The standard InChI is InChI=1S/C24H40O2SSi/c1-8-9-10-14-19-27-23(25)20(2)22(26-28(6,7)24(3,4)5)18-17-21-15-12-11-13-16-21/h11-13,15-18,20,22H,8-10,14,19H2,1-7H3/b18-17+/t20-,22+/m0/s1. The third kappa shape index (κ3) is 8.67. The Bertz CT molecular complexity index is 605. The number of hydrogen-bond acceptors (Lipinski definition) is 3. The van der Waals surface area contributed by atoms with Gasteiger partial charge in [0.15, 0.2) is 13.4 Å². The van der Waals surface area contributed by atoms with Gasteiger partial charge in [-0.1, -0.05) is 108 Å². The summed E-state index contributed by atoms with van der Waals surface area (Å²) in [6.07, 6.45) is 8.80. The smallest absolute Gasteiger partial charge is 0.194 e. The van der Waals surface area contributed by atoms with Crippen LogP contribution in [0.1, 0.15) is 65.9 Å². The minimum atomic E-state index is -1.98. The molecule has 0 aliphatic heterocycles. The first-order chi connectivity index (χ1) is 13.1. The summed E-state index contributed by atoms with van der Waals surface area (Å²) in [4.78, 5) is 12.8. The fourth-order valence-electron chi connectivity index (χ4n) is 2.56. The Morgan fingerprint density at radius 1 is 1.14 bits per heavy atom. The lowest BCUT2D eigenvalue weighted by molar-refractivity contribution is -0.115. The van der Waals surface area contributed by atoms with Gasteiger partial charge in [-0.05, 0) is 30.1 Å². The second-order valence-corrected chi connectivity index (χ2v) is 15.0. The van der Waals surface area contributed by atoms with Gasteiger partial charge in [-0.2, -0.15) is 0 Å². The van der Waals surface area contributed by atoms with Crippen molar-refractivity contribution in [3.8, 4) is 0 Å². The largest absolute Gasteiger partial charge is 0.410 e. The fraction of sp³-hybridized carbons (Fsp3) is 0.625. The van der Waals surface area contributed by atoms with Gasteiger partial charge in [-0.3, -0.25) is 4.79 Å². The molecule has 2 atom stereocenters. The Morgan fingerprint density at radius 2 is 1.79 bits per heavy atom. The van der Waals surface area contributed by atoms with Crippen LogP contribution < -0.4 is 0 Å². The van der Waals surface area contributed by atoms with E-state index in [4.69, 9.17) is 4.43 Å². The fourth-order valence-corrected chi connectivity index (χ4v) is 4.83. The van der Waals surface area contributed by atoms with Crippen molar-refractivity contribution in [2.24, 2.45) is 5.92 Å². The minimum Gasteiger partial charge on any atom is -0.410 e. The van der Waals surface area contributed by atoms with E-state index in [9.17, 15) is 4.79 Å². The molecule has 1 aromatic rings. The van der Waals surface area contributed by atoms with Crippen LogP contribution in [-0.2, 0) is 9.22 Å². The molecule has 0 bridgehead atoms. The van der Waals surface area contributed by atoms with Crippen molar-refractivity contribution in [1.82, 2.24) is 0 Å². The lowest BCUT2D eigenvalue weighted by atomic mass is 10.1. The van der Waals surface area contributed by atoms with Crippen LogP contribution in [0.5, 0.6) is 0 Å². The SMILES string of the molecule is CCCCCCSC(=O)[C@@H](C)[C@@H](/C=C/c1ccccc1)O[Si](C)(C)C(C)(C)C. The second kappa shape index (κ2) is 12.0. The van der Waals surface area contributed by atoms with Crippen molar-refractivity contribution in [2.45, 2.75) is 84.5 Å². The molecule has 0 unspecified atom stereocenters. The first-order valence-electron chi connectivity index (χ1n) is 10.7. The average Bonchev–Trinajstić information content (AvgIpc) is 2.64. The van der Waals surface area contributed by atoms with E-state index in [0.717, 1.165) is 17.7 Å². The zero-order valence-corrected chi connectivity index (χ0v) is 20.8. The highest BCUT2D eigenvalue weighted by Crippen LogP contribution is 2.38. The van der Waals surface area contributed by atoms with E-state index < -0.39 is 8.32 Å². The number of rotatable bonds is 11. The third-order valence-electron chi connectivity index (χ3n) is 5.62. The number of unbranched alkanes of at least 4 members (excludes halogenated alkanes) is 3. The molecular formula is C24H40O2SSi. The number of carbonyl (C=O) groups excluding carboxylic acids is 1. The quantitative estimate of drug-likeness (QED) is 0.273. The van der Waals surface area contributed by atoms with Crippen molar-refractivity contribution in [3.63, 3.8) is 0 Å². The van der Waals surface area contributed by atoms with Gasteiger partial charge >= 0.3 is 0 Å². The maximum absolute atomic E-state index is 12.8. The molecule has 0 heterocycles. The predicted octanol–water partition coefficient (Wildman–Crippen LogP) is 7.57. The molecule has 2 nitrogen and oxygen atoms in total. The molecule has 0 spiro atoms. The Morgan fingerprint density at radius 3 is 2.36 bits per heavy atom. The first-order valence-corrected chi connectivity index (χ1v) is 14.6. The maximum Gasteiger partial charge on any atom is 0.194 e. The van der Waals surface area contributed by atoms with Gasteiger partial charge in [0, 0.05) is 5.75 Å². The van der Waals surface area contributed by atoms with Gasteiger partial charge < -0.3 is 4.43 Å². The zero-order chi connectivity index (χ0) is 21.2. The molecule has 4 heteroatoms. The van der Waals surface area contributed by atoms with Crippen LogP contribution >= 0.6 is 11.8 Å². The van der Waals surface area contributed by atoms with E-state index >= 15 is 0 Å². The molecule has 0 fully saturated rings. The van der Waals surface area contributed by atoms with Gasteiger partial charge in [0.25, 0.3) is 0 Å². The van der Waals surface area contributed by atoms with Crippen molar-refractivity contribution in [3.05, 3.63) is 42.0 Å². The highest BCUT2D eigenvalue weighted by molar-refractivity contribution is 8.13. The molecule has 0 saturated carbocycles. The Kier molecular flexibility index (Phi) is 10.8. The van der Waals surface area contributed by atoms with Crippen LogP contribution in [0, 0.1) is 5.92 Å². The monoisotopic (exact) mass is 420 g/mol. The van der Waals surface area contributed by atoms with Gasteiger partial charge in [0.05, 0.1) is 12.0 Å². The molecule has 1 rings (SSSR count). The minimum absolute atomic E-state index is 0.113. The van der Waals surface area contributed by atoms with E-state index in [1.54, 1.807) is 0 Å². The van der Waals surface area contributed by atoms with E-state index in [0.29, 0.717) is 0 Å². The molecule has 0 N–H and O–H groups in total. The van der Waals surface area contributed by atoms with E-state index in [1.165, 1.54) is 31.0 Å². The summed E-state index contributed by atoms with van der Waals surface area (Å²) < 4.78 is 6.67. The van der Waals surface area contributed by atoms with Crippen molar-refractivity contribution < 1.29 is 9.22 Å². The summed E-state index contributed by atoms with van der Waals surface area (Å²) >= 11 is 1.48. The summed E-state index contributed by atoms with van der Waals surface area (Å²) in [5.74, 6) is 0.767. The lowest BCUT2D eigenvalue weighted by Gasteiger charge is -2.39. The van der Waals surface area contributed by atoms with Crippen LogP contribution in [0.2, 0.25) is 18.1 Å². The average molecular weight is 421 g/mol. The van der Waals surface area contributed by atoms with E-state index in [-0.39, 0.29) is 22.2 Å². The topological polar surface area (TPSA) is 26.3 Å². The second-order valence-electron chi connectivity index (χ2n) is 9.13. The molecule has 0 aromatic heterocycles. The predicted molar refractivity (Wildman–Crippen MR) is 128 cm³/mol. The summed E-state index contributed by atoms with van der Waals surface area (Å²) in [6, 6.07) is 10.2. The maximum atomic E-state index is 12.8. The Hall–Kier alpha value is -0.843. The van der Waals surface area contributed by atoms with Crippen LogP contribution in [0.15, 0.2) is 36.4 Å². The highest BCUT2D eigenvalue weighted by atomic mass is 32.2. The molecule has 0 saturated heterocycles. The van der Waals surface area contributed by atoms with E-state index in [1.807, 2.05) is 25.1 Å². The summed E-state index contributed by atoms with van der Waals surface area (Å²) in [6.45, 7) is 15.5. The third-order valence-corrected chi connectivity index (χ3v) is 11.2. The van der Waals surface area contributed by atoms with Gasteiger partial charge in [-0.25, -0.2) is 0 Å². The van der Waals surface area contributed by atoms with Crippen molar-refractivity contribution >= 4 is 31.3 Å². The normalized spacial score (nSPS) is 15.0. The Labute approximate surface area is 178 Å². The molecule has 0 radical (unpaired) electrons. The van der Waals surface area contributed by atoms with Crippen molar-refractivity contribution in [1.29, 1.82) is 0 Å².